The summed E-state index contributed by atoms with van der Waals surface area (Å²) in [5.41, 5.74) is 0. The number of hydrogen-bond donors (Lipinski definition) is 0. The Kier molecular flexibility index (Phi) is 1.38. The van der Waals surface area contributed by atoms with E-state index < -0.39 is 0 Å². The van der Waals surface area contributed by atoms with Crippen molar-refractivity contribution in [2.24, 2.45) is 0 Å². The van der Waals surface area contributed by atoms with Crippen LogP contribution in [0.5, 0.6) is 0 Å². The van der Waals surface area contributed by atoms with E-state index >= 15 is 0 Å². The second kappa shape index (κ2) is 2.03. The summed E-state index contributed by atoms with van der Waals surface area (Å²) in [6, 6.07) is 0. The molecule has 1 aliphatic heterocycles. The lowest BCUT2D eigenvalue weighted by Gasteiger charge is -2.12. The molecule has 0 saturated heterocycles. The van der Waals surface area contributed by atoms with Gasteiger partial charge in [-0.1, -0.05) is 0 Å². The molecule has 0 bridgehead atoms. The molecule has 1 unspecified atom stereocenters. The monoisotopic (exact) mass is 109 g/mol. The maximum absolute atomic E-state index is 5.23. The van der Waals surface area contributed by atoms with Gasteiger partial charge < -0.3 is 4.74 Å². The van der Waals surface area contributed by atoms with Crippen LogP contribution in [0.1, 0.15) is 13.8 Å². The van der Waals surface area contributed by atoms with Gasteiger partial charge in [0.25, 0.3) is 0 Å². The van der Waals surface area contributed by atoms with Gasteiger partial charge in [-0.05, 0) is 32.1 Å². The standard InChI is InChI=1S/C7H9O/c1-6-4-3-5-7(2)8-6/h4-6H,1-2H3. The van der Waals surface area contributed by atoms with Crippen LogP contribution in [-0.2, 0) is 4.74 Å². The van der Waals surface area contributed by atoms with Gasteiger partial charge in [-0.2, -0.15) is 0 Å². The summed E-state index contributed by atoms with van der Waals surface area (Å²) >= 11 is 0. The second-order valence-electron chi connectivity index (χ2n) is 1.91. The Hall–Kier alpha value is -0.720. The maximum Gasteiger partial charge on any atom is 0.114 e. The molecule has 0 fully saturated rings. The first kappa shape index (κ1) is 5.42. The molecule has 0 N–H and O–H groups in total. The quantitative estimate of drug-likeness (QED) is 0.459. The molecule has 1 heteroatoms. The van der Waals surface area contributed by atoms with E-state index in [9.17, 15) is 0 Å². The minimum absolute atomic E-state index is 0.208. The van der Waals surface area contributed by atoms with Crippen molar-refractivity contribution >= 4 is 0 Å². The molecule has 0 aromatic carbocycles. The van der Waals surface area contributed by atoms with Crippen molar-refractivity contribution in [1.82, 2.24) is 0 Å². The summed E-state index contributed by atoms with van der Waals surface area (Å²) in [6.07, 6.45) is 6.91. The van der Waals surface area contributed by atoms with Gasteiger partial charge in [0.05, 0.1) is 5.76 Å². The van der Waals surface area contributed by atoms with Crippen LogP contribution in [0, 0.1) is 6.08 Å². The fraction of sp³-hybridized carbons (Fsp3) is 0.429. The molecule has 0 spiro atoms. The topological polar surface area (TPSA) is 9.23 Å². The molecule has 0 amide bonds. The fourth-order valence-electron chi connectivity index (χ4n) is 0.662. The molecule has 1 radical (unpaired) electrons. The van der Waals surface area contributed by atoms with E-state index in [-0.39, 0.29) is 6.10 Å². The first-order valence-electron chi connectivity index (χ1n) is 2.72. The van der Waals surface area contributed by atoms with Gasteiger partial charge in [0, 0.05) is 0 Å². The molecular formula is C7H9O. The first-order valence-corrected chi connectivity index (χ1v) is 2.72. The zero-order valence-electron chi connectivity index (χ0n) is 5.14. The van der Waals surface area contributed by atoms with Gasteiger partial charge in [-0.3, -0.25) is 0 Å². The zero-order valence-corrected chi connectivity index (χ0v) is 5.14. The Bertz CT molecular complexity index is 133. The lowest BCUT2D eigenvalue weighted by molar-refractivity contribution is 0.167. The normalized spacial score (nSPS) is 26.8. The van der Waals surface area contributed by atoms with Crippen LogP contribution in [0.15, 0.2) is 17.9 Å². The Labute approximate surface area is 49.7 Å². The van der Waals surface area contributed by atoms with Gasteiger partial charge in [0.15, 0.2) is 0 Å². The highest BCUT2D eigenvalue weighted by molar-refractivity contribution is 5.06. The predicted octanol–water partition coefficient (Wildman–Crippen LogP) is 1.67. The summed E-state index contributed by atoms with van der Waals surface area (Å²) in [4.78, 5) is 0. The highest BCUT2D eigenvalue weighted by Gasteiger charge is 2.00. The minimum Gasteiger partial charge on any atom is -0.491 e. The van der Waals surface area contributed by atoms with Crippen LogP contribution >= 0.6 is 0 Å². The third-order valence-electron chi connectivity index (χ3n) is 0.989. The van der Waals surface area contributed by atoms with E-state index in [1.807, 2.05) is 26.0 Å². The zero-order chi connectivity index (χ0) is 5.98. The molecular weight excluding hydrogens is 100 g/mol. The predicted molar refractivity (Wildman–Crippen MR) is 32.1 cm³/mol. The lowest BCUT2D eigenvalue weighted by Crippen LogP contribution is -2.05. The Balaban J connectivity index is 2.59. The third kappa shape index (κ3) is 1.12. The van der Waals surface area contributed by atoms with Gasteiger partial charge in [-0.25, -0.2) is 0 Å². The molecule has 1 heterocycles. The maximum atomic E-state index is 5.23. The summed E-state index contributed by atoms with van der Waals surface area (Å²) in [7, 11) is 0. The van der Waals surface area contributed by atoms with E-state index in [1.54, 1.807) is 0 Å². The molecule has 1 atom stereocenters. The van der Waals surface area contributed by atoms with Crippen molar-refractivity contribution in [3.8, 4) is 0 Å². The Morgan fingerprint density at radius 2 is 2.50 bits per heavy atom. The minimum atomic E-state index is 0.208. The molecule has 0 aromatic heterocycles. The molecule has 0 aromatic rings. The summed E-state index contributed by atoms with van der Waals surface area (Å²) in [5, 5.41) is 0. The molecule has 8 heavy (non-hydrogen) atoms. The second-order valence-corrected chi connectivity index (χ2v) is 1.91. The van der Waals surface area contributed by atoms with Gasteiger partial charge in [-0.15, -0.1) is 0 Å². The van der Waals surface area contributed by atoms with Crippen LogP contribution in [0.3, 0.4) is 0 Å². The molecule has 0 aliphatic carbocycles. The van der Waals surface area contributed by atoms with E-state index in [1.165, 1.54) is 0 Å². The molecule has 1 rings (SSSR count). The van der Waals surface area contributed by atoms with Gasteiger partial charge >= 0.3 is 0 Å². The summed E-state index contributed by atoms with van der Waals surface area (Å²) < 4.78 is 5.23. The molecule has 43 valence electrons. The van der Waals surface area contributed by atoms with E-state index in [0.717, 1.165) is 5.76 Å². The number of hydrogen-bond acceptors (Lipinski definition) is 1. The van der Waals surface area contributed by atoms with E-state index in [4.69, 9.17) is 4.74 Å². The first-order chi connectivity index (χ1) is 3.79. The highest BCUT2D eigenvalue weighted by Crippen LogP contribution is 2.07. The molecule has 1 aliphatic rings. The molecule has 0 saturated carbocycles. The van der Waals surface area contributed by atoms with Crippen LogP contribution in [-0.4, -0.2) is 6.10 Å². The van der Waals surface area contributed by atoms with Crippen LogP contribution in [0.4, 0.5) is 0 Å². The van der Waals surface area contributed by atoms with Crippen molar-refractivity contribution in [3.63, 3.8) is 0 Å². The lowest BCUT2D eigenvalue weighted by atomic mass is 10.3. The number of ether oxygens (including phenoxy) is 1. The van der Waals surface area contributed by atoms with Crippen molar-refractivity contribution in [2.75, 3.05) is 0 Å². The average molecular weight is 109 g/mol. The third-order valence-corrected chi connectivity index (χ3v) is 0.989. The van der Waals surface area contributed by atoms with Crippen LogP contribution < -0.4 is 0 Å². The van der Waals surface area contributed by atoms with E-state index in [2.05, 4.69) is 6.08 Å². The Morgan fingerprint density at radius 1 is 1.75 bits per heavy atom. The SMILES string of the molecule is CC1=C[C]=CC(C)O1. The highest BCUT2D eigenvalue weighted by atomic mass is 16.5. The van der Waals surface area contributed by atoms with E-state index in [0.29, 0.717) is 0 Å². The van der Waals surface area contributed by atoms with Crippen LogP contribution in [0.2, 0.25) is 0 Å². The Morgan fingerprint density at radius 3 is 2.88 bits per heavy atom. The van der Waals surface area contributed by atoms with Crippen molar-refractivity contribution < 1.29 is 4.74 Å². The summed E-state index contributed by atoms with van der Waals surface area (Å²) in [5.74, 6) is 0.944. The number of rotatable bonds is 0. The van der Waals surface area contributed by atoms with Crippen molar-refractivity contribution in [1.29, 1.82) is 0 Å². The van der Waals surface area contributed by atoms with Gasteiger partial charge in [0.1, 0.15) is 6.10 Å². The summed E-state index contributed by atoms with van der Waals surface area (Å²) in [6.45, 7) is 3.92. The van der Waals surface area contributed by atoms with Crippen molar-refractivity contribution in [3.05, 3.63) is 24.0 Å². The largest absolute Gasteiger partial charge is 0.491 e. The average Bonchev–Trinajstić information content (AvgIpc) is 1.64. The fourth-order valence-corrected chi connectivity index (χ4v) is 0.662. The number of allylic oxidation sites excluding steroid dienone is 3. The molecule has 1 nitrogen and oxygen atoms in total. The van der Waals surface area contributed by atoms with Gasteiger partial charge in [0.2, 0.25) is 0 Å². The smallest absolute Gasteiger partial charge is 0.114 e. The van der Waals surface area contributed by atoms with Crippen LogP contribution in [0.25, 0.3) is 0 Å². The van der Waals surface area contributed by atoms with Crippen molar-refractivity contribution in [2.45, 2.75) is 20.0 Å².